The molecule has 1 atom stereocenters. The maximum Gasteiger partial charge on any atom is 0.0574 e. The highest BCUT2D eigenvalue weighted by atomic mass is 32.2. The molecule has 0 saturated carbocycles. The standard InChI is InChI=1S/C11H20N2S/c1-3-5-12-10-11(2)13-6-4-8-14-9-7-13/h1,11-12H,4-10H2,2H3. The Morgan fingerprint density at radius 1 is 1.50 bits per heavy atom. The van der Waals surface area contributed by atoms with E-state index in [0.717, 1.165) is 6.54 Å². The zero-order valence-electron chi connectivity index (χ0n) is 8.96. The summed E-state index contributed by atoms with van der Waals surface area (Å²) in [4.78, 5) is 2.56. The Labute approximate surface area is 91.8 Å². The lowest BCUT2D eigenvalue weighted by Crippen LogP contribution is -2.41. The van der Waals surface area contributed by atoms with Crippen molar-refractivity contribution in [2.75, 3.05) is 37.7 Å². The van der Waals surface area contributed by atoms with Crippen LogP contribution >= 0.6 is 11.8 Å². The number of nitrogens with one attached hydrogen (secondary N) is 1. The molecular weight excluding hydrogens is 192 g/mol. The van der Waals surface area contributed by atoms with Gasteiger partial charge in [0.2, 0.25) is 0 Å². The molecule has 1 heterocycles. The van der Waals surface area contributed by atoms with E-state index in [1.54, 1.807) is 0 Å². The van der Waals surface area contributed by atoms with Crippen molar-refractivity contribution < 1.29 is 0 Å². The van der Waals surface area contributed by atoms with Crippen molar-refractivity contribution in [3.05, 3.63) is 0 Å². The van der Waals surface area contributed by atoms with Gasteiger partial charge in [-0.1, -0.05) is 5.92 Å². The molecule has 80 valence electrons. The van der Waals surface area contributed by atoms with Crippen LogP contribution in [-0.2, 0) is 0 Å². The summed E-state index contributed by atoms with van der Waals surface area (Å²) in [5, 5.41) is 3.27. The molecule has 2 nitrogen and oxygen atoms in total. The van der Waals surface area contributed by atoms with Crippen LogP contribution in [0.15, 0.2) is 0 Å². The van der Waals surface area contributed by atoms with Crippen LogP contribution in [0.4, 0.5) is 0 Å². The van der Waals surface area contributed by atoms with Gasteiger partial charge in [0.1, 0.15) is 0 Å². The first-order valence-electron chi connectivity index (χ1n) is 5.30. The van der Waals surface area contributed by atoms with E-state index in [4.69, 9.17) is 6.42 Å². The quantitative estimate of drug-likeness (QED) is 0.554. The lowest BCUT2D eigenvalue weighted by Gasteiger charge is -2.27. The Bertz CT molecular complexity index is 180. The lowest BCUT2D eigenvalue weighted by atomic mass is 10.2. The second-order valence-electron chi connectivity index (χ2n) is 3.69. The molecule has 0 aromatic rings. The van der Waals surface area contributed by atoms with Crippen molar-refractivity contribution in [3.63, 3.8) is 0 Å². The first-order valence-corrected chi connectivity index (χ1v) is 6.46. The normalized spacial score (nSPS) is 21.1. The summed E-state index contributed by atoms with van der Waals surface area (Å²) >= 11 is 2.07. The average molecular weight is 212 g/mol. The summed E-state index contributed by atoms with van der Waals surface area (Å²) in [6.45, 7) is 6.44. The third-order valence-corrected chi connectivity index (χ3v) is 3.60. The predicted octanol–water partition coefficient (Wildman–Crippen LogP) is 1.04. The number of hydrogen-bond acceptors (Lipinski definition) is 3. The minimum atomic E-state index is 0.613. The molecule has 1 rings (SSSR count). The Morgan fingerprint density at radius 2 is 2.36 bits per heavy atom. The number of terminal acetylenes is 1. The molecule has 0 amide bonds. The highest BCUT2D eigenvalue weighted by molar-refractivity contribution is 7.99. The van der Waals surface area contributed by atoms with Gasteiger partial charge < -0.3 is 5.32 Å². The van der Waals surface area contributed by atoms with E-state index >= 15 is 0 Å². The summed E-state index contributed by atoms with van der Waals surface area (Å²) in [5.41, 5.74) is 0. The van der Waals surface area contributed by atoms with Crippen molar-refractivity contribution in [2.45, 2.75) is 19.4 Å². The fraction of sp³-hybridized carbons (Fsp3) is 0.818. The van der Waals surface area contributed by atoms with Gasteiger partial charge >= 0.3 is 0 Å². The second-order valence-corrected chi connectivity index (χ2v) is 4.91. The molecular formula is C11H20N2S. The van der Waals surface area contributed by atoms with Gasteiger partial charge in [0.15, 0.2) is 0 Å². The summed E-state index contributed by atoms with van der Waals surface area (Å²) in [6.07, 6.45) is 6.51. The van der Waals surface area contributed by atoms with Gasteiger partial charge in [-0.3, -0.25) is 4.90 Å². The molecule has 1 fully saturated rings. The fourth-order valence-corrected chi connectivity index (χ4v) is 2.59. The number of thioether (sulfide) groups is 1. The summed E-state index contributed by atoms with van der Waals surface area (Å²) in [6, 6.07) is 0.613. The van der Waals surface area contributed by atoms with Crippen LogP contribution in [0, 0.1) is 12.3 Å². The topological polar surface area (TPSA) is 15.3 Å². The van der Waals surface area contributed by atoms with Crippen LogP contribution in [0.1, 0.15) is 13.3 Å². The van der Waals surface area contributed by atoms with Gasteiger partial charge in [-0.15, -0.1) is 6.42 Å². The maximum atomic E-state index is 5.19. The SMILES string of the molecule is C#CCNCC(C)N1CCCSCC1. The molecule has 1 N–H and O–H groups in total. The third kappa shape index (κ3) is 4.36. The first-order chi connectivity index (χ1) is 6.84. The summed E-state index contributed by atoms with van der Waals surface area (Å²) in [7, 11) is 0. The van der Waals surface area contributed by atoms with Crippen molar-refractivity contribution in [1.29, 1.82) is 0 Å². The molecule has 0 bridgehead atoms. The van der Waals surface area contributed by atoms with Crippen molar-refractivity contribution in [2.24, 2.45) is 0 Å². The zero-order valence-corrected chi connectivity index (χ0v) is 9.78. The van der Waals surface area contributed by atoms with Crippen LogP contribution in [0.25, 0.3) is 0 Å². The Hall–Kier alpha value is -0.170. The molecule has 1 aliphatic heterocycles. The van der Waals surface area contributed by atoms with Crippen LogP contribution in [-0.4, -0.2) is 48.6 Å². The molecule has 1 unspecified atom stereocenters. The molecule has 14 heavy (non-hydrogen) atoms. The summed E-state index contributed by atoms with van der Waals surface area (Å²) in [5.74, 6) is 5.20. The molecule has 0 spiro atoms. The van der Waals surface area contributed by atoms with Gasteiger partial charge in [0, 0.05) is 24.9 Å². The second kappa shape index (κ2) is 7.17. The van der Waals surface area contributed by atoms with Gasteiger partial charge in [-0.2, -0.15) is 11.8 Å². The molecule has 0 aromatic carbocycles. The van der Waals surface area contributed by atoms with E-state index in [-0.39, 0.29) is 0 Å². The minimum Gasteiger partial charge on any atom is -0.305 e. The van der Waals surface area contributed by atoms with E-state index in [2.05, 4.69) is 34.8 Å². The summed E-state index contributed by atoms with van der Waals surface area (Å²) < 4.78 is 0. The molecule has 1 saturated heterocycles. The predicted molar refractivity (Wildman–Crippen MR) is 64.7 cm³/mol. The van der Waals surface area contributed by atoms with E-state index in [1.165, 1.54) is 31.0 Å². The maximum absolute atomic E-state index is 5.19. The van der Waals surface area contributed by atoms with Crippen LogP contribution < -0.4 is 5.32 Å². The van der Waals surface area contributed by atoms with Crippen molar-refractivity contribution in [3.8, 4) is 12.3 Å². The van der Waals surface area contributed by atoms with Gasteiger partial charge in [-0.05, 0) is 25.6 Å². The highest BCUT2D eigenvalue weighted by Gasteiger charge is 2.14. The van der Waals surface area contributed by atoms with Crippen LogP contribution in [0.2, 0.25) is 0 Å². The monoisotopic (exact) mass is 212 g/mol. The van der Waals surface area contributed by atoms with E-state index in [1.807, 2.05) is 0 Å². The van der Waals surface area contributed by atoms with E-state index in [9.17, 15) is 0 Å². The van der Waals surface area contributed by atoms with Crippen LogP contribution in [0.5, 0.6) is 0 Å². The Kier molecular flexibility index (Phi) is 6.09. The first kappa shape index (κ1) is 11.9. The van der Waals surface area contributed by atoms with Gasteiger partial charge in [0.25, 0.3) is 0 Å². The highest BCUT2D eigenvalue weighted by Crippen LogP contribution is 2.11. The van der Waals surface area contributed by atoms with Crippen molar-refractivity contribution >= 4 is 11.8 Å². The van der Waals surface area contributed by atoms with Gasteiger partial charge in [-0.25, -0.2) is 0 Å². The molecule has 0 aromatic heterocycles. The lowest BCUT2D eigenvalue weighted by molar-refractivity contribution is 0.222. The number of hydrogen-bond donors (Lipinski definition) is 1. The molecule has 0 aliphatic carbocycles. The molecule has 3 heteroatoms. The number of rotatable bonds is 4. The Morgan fingerprint density at radius 3 is 3.14 bits per heavy atom. The fourth-order valence-electron chi connectivity index (χ4n) is 1.69. The zero-order chi connectivity index (χ0) is 10.2. The van der Waals surface area contributed by atoms with E-state index in [0.29, 0.717) is 12.6 Å². The largest absolute Gasteiger partial charge is 0.305 e. The third-order valence-electron chi connectivity index (χ3n) is 2.55. The Balaban J connectivity index is 2.20. The number of nitrogens with zero attached hydrogens (tertiary/aromatic N) is 1. The molecule has 1 aliphatic rings. The molecule has 0 radical (unpaired) electrons. The smallest absolute Gasteiger partial charge is 0.0574 e. The average Bonchev–Trinajstić information content (AvgIpc) is 2.46. The van der Waals surface area contributed by atoms with Crippen LogP contribution in [0.3, 0.4) is 0 Å². The van der Waals surface area contributed by atoms with Gasteiger partial charge in [0.05, 0.1) is 6.54 Å². The minimum absolute atomic E-state index is 0.613. The van der Waals surface area contributed by atoms with E-state index < -0.39 is 0 Å². The van der Waals surface area contributed by atoms with Crippen molar-refractivity contribution in [1.82, 2.24) is 10.2 Å².